The quantitative estimate of drug-likeness (QED) is 0.938. The molecule has 1 aliphatic heterocycles. The molecule has 2 aromatic rings. The van der Waals surface area contributed by atoms with E-state index < -0.39 is 0 Å². The number of amides is 2. The van der Waals surface area contributed by atoms with Crippen LogP contribution in [0.15, 0.2) is 42.7 Å². The van der Waals surface area contributed by atoms with Crippen molar-refractivity contribution in [1.29, 1.82) is 0 Å². The Kier molecular flexibility index (Phi) is 4.95. The summed E-state index contributed by atoms with van der Waals surface area (Å²) in [6, 6.07) is 9.90. The molecule has 5 nitrogen and oxygen atoms in total. The topological polar surface area (TPSA) is 50.2 Å². The van der Waals surface area contributed by atoms with E-state index >= 15 is 0 Å². The van der Waals surface area contributed by atoms with Crippen LogP contribution in [-0.2, 0) is 6.54 Å². The number of aromatic nitrogens is 2. The summed E-state index contributed by atoms with van der Waals surface area (Å²) in [5, 5.41) is 7.21. The number of urea groups is 1. The minimum absolute atomic E-state index is 0.0166. The van der Waals surface area contributed by atoms with E-state index in [0.717, 1.165) is 43.7 Å². The molecule has 3 rings (SSSR count). The van der Waals surface area contributed by atoms with Crippen molar-refractivity contribution >= 4 is 11.7 Å². The zero-order chi connectivity index (χ0) is 16.1. The number of hydrogen-bond donors (Lipinski definition) is 1. The van der Waals surface area contributed by atoms with Crippen LogP contribution in [0.25, 0.3) is 0 Å². The first kappa shape index (κ1) is 15.6. The van der Waals surface area contributed by atoms with E-state index in [-0.39, 0.29) is 6.03 Å². The number of rotatable bonds is 4. The van der Waals surface area contributed by atoms with Gasteiger partial charge in [-0.1, -0.05) is 25.5 Å². The minimum Gasteiger partial charge on any atom is -0.324 e. The first-order chi connectivity index (χ1) is 11.2. The molecule has 0 aliphatic carbocycles. The second kappa shape index (κ2) is 7.31. The summed E-state index contributed by atoms with van der Waals surface area (Å²) < 4.78 is 1.88. The van der Waals surface area contributed by atoms with Crippen LogP contribution in [0.1, 0.15) is 31.7 Å². The van der Waals surface area contributed by atoms with Gasteiger partial charge in [-0.05, 0) is 42.5 Å². The van der Waals surface area contributed by atoms with E-state index in [4.69, 9.17) is 0 Å². The maximum atomic E-state index is 12.4. The summed E-state index contributed by atoms with van der Waals surface area (Å²) in [5.41, 5.74) is 2.01. The van der Waals surface area contributed by atoms with Crippen molar-refractivity contribution < 1.29 is 4.79 Å². The van der Waals surface area contributed by atoms with Gasteiger partial charge in [-0.15, -0.1) is 0 Å². The highest BCUT2D eigenvalue weighted by molar-refractivity contribution is 5.89. The number of nitrogens with one attached hydrogen (secondary N) is 1. The van der Waals surface area contributed by atoms with E-state index in [2.05, 4.69) is 17.3 Å². The summed E-state index contributed by atoms with van der Waals surface area (Å²) in [5.74, 6) is 0.644. The lowest BCUT2D eigenvalue weighted by Crippen LogP contribution is -2.42. The molecule has 1 atom stereocenters. The third-order valence-corrected chi connectivity index (χ3v) is 4.49. The fourth-order valence-corrected chi connectivity index (χ4v) is 3.06. The Morgan fingerprint density at radius 2 is 2.17 bits per heavy atom. The van der Waals surface area contributed by atoms with Gasteiger partial charge in [-0.2, -0.15) is 5.10 Å². The van der Waals surface area contributed by atoms with Crippen LogP contribution in [-0.4, -0.2) is 33.8 Å². The first-order valence-electron chi connectivity index (χ1n) is 8.37. The number of benzene rings is 1. The van der Waals surface area contributed by atoms with Gasteiger partial charge < -0.3 is 10.2 Å². The van der Waals surface area contributed by atoms with E-state index in [1.807, 2.05) is 46.1 Å². The Morgan fingerprint density at radius 1 is 1.35 bits per heavy atom. The molecule has 1 aromatic carbocycles. The molecule has 0 unspecified atom stereocenters. The third kappa shape index (κ3) is 4.12. The lowest BCUT2D eigenvalue weighted by molar-refractivity contribution is 0.176. The SMILES string of the molecule is CC[C@H]1CCCN(C(=O)Nc2ccc(Cn3cccn3)cc2)C1. The molecule has 5 heteroatoms. The molecule has 1 aliphatic rings. The van der Waals surface area contributed by atoms with Gasteiger partial charge in [0.15, 0.2) is 0 Å². The van der Waals surface area contributed by atoms with Crippen molar-refractivity contribution in [3.05, 3.63) is 48.3 Å². The lowest BCUT2D eigenvalue weighted by Gasteiger charge is -2.32. The average molecular weight is 312 g/mol. The zero-order valence-corrected chi connectivity index (χ0v) is 13.6. The molecule has 23 heavy (non-hydrogen) atoms. The van der Waals surface area contributed by atoms with Gasteiger partial charge in [-0.25, -0.2) is 4.79 Å². The predicted molar refractivity (Wildman–Crippen MR) is 91.4 cm³/mol. The van der Waals surface area contributed by atoms with Crippen molar-refractivity contribution in [3.63, 3.8) is 0 Å². The van der Waals surface area contributed by atoms with Gasteiger partial charge >= 0.3 is 6.03 Å². The molecule has 2 heterocycles. The third-order valence-electron chi connectivity index (χ3n) is 4.49. The van der Waals surface area contributed by atoms with E-state index in [1.54, 1.807) is 6.20 Å². The van der Waals surface area contributed by atoms with Crippen molar-refractivity contribution in [2.75, 3.05) is 18.4 Å². The maximum Gasteiger partial charge on any atom is 0.321 e. The van der Waals surface area contributed by atoms with Gasteiger partial charge in [0.2, 0.25) is 0 Å². The predicted octanol–water partition coefficient (Wildman–Crippen LogP) is 3.59. The molecular formula is C18H24N4O. The number of piperidine rings is 1. The minimum atomic E-state index is 0.0166. The number of anilines is 1. The summed E-state index contributed by atoms with van der Waals surface area (Å²) >= 11 is 0. The van der Waals surface area contributed by atoms with Crippen LogP contribution in [0.4, 0.5) is 10.5 Å². The smallest absolute Gasteiger partial charge is 0.321 e. The Morgan fingerprint density at radius 3 is 2.87 bits per heavy atom. The molecule has 1 aromatic heterocycles. The van der Waals surface area contributed by atoms with Gasteiger partial charge in [0, 0.05) is 31.2 Å². The average Bonchev–Trinajstić information content (AvgIpc) is 3.09. The number of hydrogen-bond acceptors (Lipinski definition) is 2. The number of likely N-dealkylation sites (tertiary alicyclic amines) is 1. The van der Waals surface area contributed by atoms with Crippen LogP contribution in [0.2, 0.25) is 0 Å². The second-order valence-corrected chi connectivity index (χ2v) is 6.19. The summed E-state index contributed by atoms with van der Waals surface area (Å²) in [4.78, 5) is 14.3. The van der Waals surface area contributed by atoms with E-state index in [1.165, 1.54) is 6.42 Å². The van der Waals surface area contributed by atoms with E-state index in [9.17, 15) is 4.79 Å². The summed E-state index contributed by atoms with van der Waals surface area (Å²) in [6.07, 6.45) is 7.20. The Bertz CT molecular complexity index is 621. The van der Waals surface area contributed by atoms with Gasteiger partial charge in [0.25, 0.3) is 0 Å². The molecule has 0 bridgehead atoms. The molecule has 122 valence electrons. The Balaban J connectivity index is 1.56. The monoisotopic (exact) mass is 312 g/mol. The van der Waals surface area contributed by atoms with Crippen LogP contribution in [0.5, 0.6) is 0 Å². The fourth-order valence-electron chi connectivity index (χ4n) is 3.06. The standard InChI is InChI=1S/C18H24N4O/c1-2-15-5-3-11-21(13-15)18(23)20-17-8-6-16(7-9-17)14-22-12-4-10-19-22/h4,6-10,12,15H,2-3,5,11,13-14H2,1H3,(H,20,23)/t15-/m0/s1. The van der Waals surface area contributed by atoms with Gasteiger partial charge in [0.1, 0.15) is 0 Å². The molecule has 0 radical (unpaired) electrons. The van der Waals surface area contributed by atoms with Crippen LogP contribution in [0.3, 0.4) is 0 Å². The number of nitrogens with zero attached hydrogens (tertiary/aromatic N) is 3. The van der Waals surface area contributed by atoms with Crippen LogP contribution in [0, 0.1) is 5.92 Å². The maximum absolute atomic E-state index is 12.4. The van der Waals surface area contributed by atoms with Crippen molar-refractivity contribution in [1.82, 2.24) is 14.7 Å². The molecule has 1 fully saturated rings. The molecule has 0 saturated carbocycles. The summed E-state index contributed by atoms with van der Waals surface area (Å²) in [6.45, 7) is 4.68. The van der Waals surface area contributed by atoms with Crippen LogP contribution >= 0.6 is 0 Å². The highest BCUT2D eigenvalue weighted by Crippen LogP contribution is 2.20. The van der Waals surface area contributed by atoms with Crippen molar-refractivity contribution in [2.45, 2.75) is 32.7 Å². The largest absolute Gasteiger partial charge is 0.324 e. The van der Waals surface area contributed by atoms with Gasteiger partial charge in [0.05, 0.1) is 6.54 Å². The highest BCUT2D eigenvalue weighted by atomic mass is 16.2. The normalized spacial score (nSPS) is 18.0. The van der Waals surface area contributed by atoms with Crippen molar-refractivity contribution in [2.24, 2.45) is 5.92 Å². The Labute approximate surface area is 137 Å². The molecule has 1 saturated heterocycles. The van der Waals surface area contributed by atoms with Crippen molar-refractivity contribution in [3.8, 4) is 0 Å². The molecular weight excluding hydrogens is 288 g/mol. The zero-order valence-electron chi connectivity index (χ0n) is 13.6. The van der Waals surface area contributed by atoms with E-state index in [0.29, 0.717) is 5.92 Å². The number of carbonyl (C=O) groups excluding carboxylic acids is 1. The second-order valence-electron chi connectivity index (χ2n) is 6.19. The molecule has 0 spiro atoms. The lowest BCUT2D eigenvalue weighted by atomic mass is 9.96. The van der Waals surface area contributed by atoms with Crippen LogP contribution < -0.4 is 5.32 Å². The first-order valence-corrected chi connectivity index (χ1v) is 8.37. The Hall–Kier alpha value is -2.30. The summed E-state index contributed by atoms with van der Waals surface area (Å²) in [7, 11) is 0. The fraction of sp³-hybridized carbons (Fsp3) is 0.444. The van der Waals surface area contributed by atoms with Gasteiger partial charge in [-0.3, -0.25) is 4.68 Å². The molecule has 1 N–H and O–H groups in total. The highest BCUT2D eigenvalue weighted by Gasteiger charge is 2.22. The number of carbonyl (C=O) groups is 1. The molecule has 2 amide bonds.